The number of thioether (sulfide) groups is 1. The second-order valence-corrected chi connectivity index (χ2v) is 7.83. The monoisotopic (exact) mass is 262 g/mol. The van der Waals surface area contributed by atoms with E-state index < -0.39 is 0 Å². The molecule has 1 heterocycles. The summed E-state index contributed by atoms with van der Waals surface area (Å²) >= 11 is 1.99. The summed E-state index contributed by atoms with van der Waals surface area (Å²) in [4.78, 5) is 1.46. The fourth-order valence-corrected chi connectivity index (χ4v) is 4.65. The molecule has 1 aliphatic heterocycles. The normalized spacial score (nSPS) is 33.0. The van der Waals surface area contributed by atoms with E-state index in [-0.39, 0.29) is 5.41 Å². The molecule has 1 fully saturated rings. The van der Waals surface area contributed by atoms with Crippen LogP contribution in [0, 0.1) is 5.92 Å². The molecule has 1 saturated carbocycles. The van der Waals surface area contributed by atoms with Gasteiger partial charge < -0.3 is 5.11 Å². The van der Waals surface area contributed by atoms with E-state index >= 15 is 0 Å². The first-order valence-electron chi connectivity index (χ1n) is 6.86. The standard InChI is InChI=1S/C16H22OS/c1-15(2)6-7-18-14-5-4-11(8-13(14)15)16(3)9-12(16)10-17/h4-5,8,12,17H,6-7,9-10H2,1-3H3. The van der Waals surface area contributed by atoms with E-state index in [1.54, 1.807) is 0 Å². The lowest BCUT2D eigenvalue weighted by Crippen LogP contribution is -2.23. The zero-order valence-corrected chi connectivity index (χ0v) is 12.3. The van der Waals surface area contributed by atoms with Gasteiger partial charge in [0.15, 0.2) is 0 Å². The minimum Gasteiger partial charge on any atom is -0.396 e. The predicted molar refractivity (Wildman–Crippen MR) is 77.4 cm³/mol. The zero-order chi connectivity index (χ0) is 13.0. The fourth-order valence-electron chi connectivity index (χ4n) is 3.16. The Balaban J connectivity index is 2.01. The largest absolute Gasteiger partial charge is 0.396 e. The van der Waals surface area contributed by atoms with Crippen LogP contribution in [-0.4, -0.2) is 17.5 Å². The van der Waals surface area contributed by atoms with Crippen LogP contribution < -0.4 is 0 Å². The Bertz CT molecular complexity index is 480. The number of aliphatic hydroxyl groups is 1. The van der Waals surface area contributed by atoms with E-state index in [4.69, 9.17) is 0 Å². The Labute approximate surface area is 114 Å². The van der Waals surface area contributed by atoms with Gasteiger partial charge in [-0.05, 0) is 52.5 Å². The summed E-state index contributed by atoms with van der Waals surface area (Å²) in [7, 11) is 0. The van der Waals surface area contributed by atoms with Gasteiger partial charge in [0, 0.05) is 11.5 Å². The number of hydrogen-bond acceptors (Lipinski definition) is 2. The Hall–Kier alpha value is -0.470. The SMILES string of the molecule is CC1(C)CCSc2ccc(C3(C)CC3CO)cc21. The second-order valence-electron chi connectivity index (χ2n) is 6.69. The number of rotatable bonds is 2. The average molecular weight is 262 g/mol. The van der Waals surface area contributed by atoms with Crippen LogP contribution in [0.4, 0.5) is 0 Å². The Kier molecular flexibility index (Phi) is 2.80. The summed E-state index contributed by atoms with van der Waals surface area (Å²) in [6, 6.07) is 6.99. The van der Waals surface area contributed by atoms with E-state index in [1.807, 2.05) is 11.8 Å². The van der Waals surface area contributed by atoms with Crippen LogP contribution in [0.25, 0.3) is 0 Å². The smallest absolute Gasteiger partial charge is 0.0468 e. The van der Waals surface area contributed by atoms with Crippen molar-refractivity contribution in [2.24, 2.45) is 5.92 Å². The maximum Gasteiger partial charge on any atom is 0.0468 e. The van der Waals surface area contributed by atoms with E-state index in [0.717, 1.165) is 6.42 Å². The van der Waals surface area contributed by atoms with Crippen LogP contribution in [0.3, 0.4) is 0 Å². The summed E-state index contributed by atoms with van der Waals surface area (Å²) in [5, 5.41) is 9.34. The van der Waals surface area contributed by atoms with Crippen molar-refractivity contribution in [1.82, 2.24) is 0 Å². The van der Waals surface area contributed by atoms with Crippen molar-refractivity contribution < 1.29 is 5.11 Å². The highest BCUT2D eigenvalue weighted by atomic mass is 32.2. The van der Waals surface area contributed by atoms with Gasteiger partial charge in [-0.3, -0.25) is 0 Å². The highest BCUT2D eigenvalue weighted by molar-refractivity contribution is 7.99. The number of fused-ring (bicyclic) bond motifs is 1. The molecule has 2 heteroatoms. The molecule has 0 amide bonds. The maximum absolute atomic E-state index is 9.34. The summed E-state index contributed by atoms with van der Waals surface area (Å²) in [5.74, 6) is 1.70. The minimum absolute atomic E-state index is 0.224. The van der Waals surface area contributed by atoms with Gasteiger partial charge in [0.1, 0.15) is 0 Å². The van der Waals surface area contributed by atoms with E-state index in [0.29, 0.717) is 17.9 Å². The highest BCUT2D eigenvalue weighted by Crippen LogP contribution is 2.55. The number of hydrogen-bond donors (Lipinski definition) is 1. The molecule has 2 aliphatic rings. The van der Waals surface area contributed by atoms with E-state index in [1.165, 1.54) is 28.2 Å². The van der Waals surface area contributed by atoms with Crippen molar-refractivity contribution in [3.05, 3.63) is 29.3 Å². The summed E-state index contributed by atoms with van der Waals surface area (Å²) < 4.78 is 0. The molecule has 2 unspecified atom stereocenters. The van der Waals surface area contributed by atoms with Crippen LogP contribution in [-0.2, 0) is 10.8 Å². The molecule has 0 saturated heterocycles. The molecule has 1 aliphatic carbocycles. The van der Waals surface area contributed by atoms with Crippen molar-refractivity contribution in [2.75, 3.05) is 12.4 Å². The molecule has 18 heavy (non-hydrogen) atoms. The number of benzene rings is 1. The summed E-state index contributed by atoms with van der Waals surface area (Å²) in [6.45, 7) is 7.33. The first kappa shape index (κ1) is 12.6. The lowest BCUT2D eigenvalue weighted by atomic mass is 9.79. The average Bonchev–Trinajstić information content (AvgIpc) is 3.01. The highest BCUT2D eigenvalue weighted by Gasteiger charge is 2.51. The Morgan fingerprint density at radius 2 is 2.11 bits per heavy atom. The van der Waals surface area contributed by atoms with Crippen molar-refractivity contribution in [3.63, 3.8) is 0 Å². The molecule has 98 valence electrons. The molecule has 1 aromatic carbocycles. The van der Waals surface area contributed by atoms with Crippen LogP contribution in [0.5, 0.6) is 0 Å². The second kappa shape index (κ2) is 4.01. The van der Waals surface area contributed by atoms with Gasteiger partial charge in [-0.1, -0.05) is 32.9 Å². The summed E-state index contributed by atoms with van der Waals surface area (Å²) in [6.07, 6.45) is 2.39. The molecule has 0 aromatic heterocycles. The van der Waals surface area contributed by atoms with Gasteiger partial charge in [-0.15, -0.1) is 11.8 Å². The molecule has 0 radical (unpaired) electrons. The third-order valence-electron chi connectivity index (χ3n) is 4.98. The van der Waals surface area contributed by atoms with E-state index in [2.05, 4.69) is 39.0 Å². The predicted octanol–water partition coefficient (Wildman–Crippen LogP) is 3.73. The first-order valence-corrected chi connectivity index (χ1v) is 7.84. The Morgan fingerprint density at radius 1 is 1.33 bits per heavy atom. The van der Waals surface area contributed by atoms with Crippen LogP contribution >= 0.6 is 11.8 Å². The maximum atomic E-state index is 9.34. The molecule has 3 rings (SSSR count). The molecule has 1 aromatic rings. The van der Waals surface area contributed by atoms with Crippen molar-refractivity contribution in [2.45, 2.75) is 49.3 Å². The molecule has 0 bridgehead atoms. The molecule has 1 nitrogen and oxygen atoms in total. The van der Waals surface area contributed by atoms with Crippen molar-refractivity contribution in [1.29, 1.82) is 0 Å². The van der Waals surface area contributed by atoms with Gasteiger partial charge >= 0.3 is 0 Å². The molecule has 2 atom stereocenters. The van der Waals surface area contributed by atoms with Crippen LogP contribution in [0.2, 0.25) is 0 Å². The van der Waals surface area contributed by atoms with Gasteiger partial charge in [0.25, 0.3) is 0 Å². The lowest BCUT2D eigenvalue weighted by molar-refractivity contribution is 0.265. The zero-order valence-electron chi connectivity index (χ0n) is 11.5. The minimum atomic E-state index is 0.224. The van der Waals surface area contributed by atoms with Gasteiger partial charge in [-0.2, -0.15) is 0 Å². The van der Waals surface area contributed by atoms with Gasteiger partial charge in [0.05, 0.1) is 0 Å². The van der Waals surface area contributed by atoms with Gasteiger partial charge in [0.2, 0.25) is 0 Å². The molecule has 0 spiro atoms. The lowest BCUT2D eigenvalue weighted by Gasteiger charge is -2.33. The van der Waals surface area contributed by atoms with Gasteiger partial charge in [-0.25, -0.2) is 0 Å². The van der Waals surface area contributed by atoms with Crippen LogP contribution in [0.15, 0.2) is 23.1 Å². The summed E-state index contributed by atoms with van der Waals surface area (Å²) in [5.41, 5.74) is 3.47. The number of aliphatic hydroxyl groups excluding tert-OH is 1. The molecule has 1 N–H and O–H groups in total. The van der Waals surface area contributed by atoms with Crippen molar-refractivity contribution >= 4 is 11.8 Å². The first-order chi connectivity index (χ1) is 8.47. The third-order valence-corrected chi connectivity index (χ3v) is 6.06. The molecular weight excluding hydrogens is 240 g/mol. The quantitative estimate of drug-likeness (QED) is 0.876. The van der Waals surface area contributed by atoms with E-state index in [9.17, 15) is 5.11 Å². The van der Waals surface area contributed by atoms with Crippen LogP contribution in [0.1, 0.15) is 44.7 Å². The molecular formula is C16H22OS. The topological polar surface area (TPSA) is 20.2 Å². The third kappa shape index (κ3) is 1.81. The Morgan fingerprint density at radius 3 is 2.78 bits per heavy atom. The fraction of sp³-hybridized carbons (Fsp3) is 0.625. The van der Waals surface area contributed by atoms with Crippen molar-refractivity contribution in [3.8, 4) is 0 Å².